The first-order valence-electron chi connectivity index (χ1n) is 6.60. The van der Waals surface area contributed by atoms with Crippen LogP contribution in [0.25, 0.3) is 11.0 Å². The van der Waals surface area contributed by atoms with E-state index < -0.39 is 0 Å². The fourth-order valence-corrected chi connectivity index (χ4v) is 2.55. The van der Waals surface area contributed by atoms with Gasteiger partial charge in [-0.15, -0.1) is 12.4 Å². The zero-order valence-corrected chi connectivity index (χ0v) is 12.5. The van der Waals surface area contributed by atoms with Gasteiger partial charge in [0.2, 0.25) is 5.91 Å². The van der Waals surface area contributed by atoms with Gasteiger partial charge in [-0.2, -0.15) is 0 Å². The van der Waals surface area contributed by atoms with Gasteiger partial charge in [-0.05, 0) is 37.6 Å². The highest BCUT2D eigenvalue weighted by Crippen LogP contribution is 2.19. The third-order valence-corrected chi connectivity index (χ3v) is 3.74. The number of amides is 1. The number of likely N-dealkylation sites (N-methyl/N-ethyl adjacent to an activating group) is 1. The molecule has 2 aromatic heterocycles. The molecule has 2 aromatic rings. The Morgan fingerprint density at radius 2 is 2.25 bits per heavy atom. The fraction of sp³-hybridized carbons (Fsp3) is 0.429. The van der Waals surface area contributed by atoms with Gasteiger partial charge in [-0.25, -0.2) is 4.98 Å². The molecule has 5 nitrogen and oxygen atoms in total. The van der Waals surface area contributed by atoms with Crippen molar-refractivity contribution in [1.29, 1.82) is 0 Å². The van der Waals surface area contributed by atoms with E-state index in [1.807, 2.05) is 36.0 Å². The molecule has 6 heteroatoms. The van der Waals surface area contributed by atoms with Gasteiger partial charge >= 0.3 is 0 Å². The van der Waals surface area contributed by atoms with Crippen LogP contribution in [0.3, 0.4) is 0 Å². The molecular weight excluding hydrogens is 276 g/mol. The van der Waals surface area contributed by atoms with Gasteiger partial charge in [0.25, 0.3) is 0 Å². The molecule has 3 heterocycles. The van der Waals surface area contributed by atoms with E-state index in [9.17, 15) is 4.79 Å². The summed E-state index contributed by atoms with van der Waals surface area (Å²) in [6, 6.07) is 5.86. The first-order chi connectivity index (χ1) is 9.16. The largest absolute Gasteiger partial charge is 0.336 e. The van der Waals surface area contributed by atoms with Crippen molar-refractivity contribution in [3.05, 3.63) is 24.4 Å². The van der Waals surface area contributed by atoms with Crippen LogP contribution in [0.5, 0.6) is 0 Å². The molecule has 1 aliphatic heterocycles. The predicted octanol–water partition coefficient (Wildman–Crippen LogP) is 1.71. The maximum Gasteiger partial charge on any atom is 0.245 e. The van der Waals surface area contributed by atoms with Crippen molar-refractivity contribution < 1.29 is 4.79 Å². The van der Waals surface area contributed by atoms with E-state index >= 15 is 0 Å². The van der Waals surface area contributed by atoms with Crippen LogP contribution in [0, 0.1) is 0 Å². The van der Waals surface area contributed by atoms with E-state index in [2.05, 4.69) is 10.3 Å². The number of anilines is 1. The van der Waals surface area contributed by atoms with Crippen molar-refractivity contribution in [3.8, 4) is 0 Å². The third-order valence-electron chi connectivity index (χ3n) is 3.74. The highest BCUT2D eigenvalue weighted by molar-refractivity contribution is 5.96. The van der Waals surface area contributed by atoms with Gasteiger partial charge in [0.15, 0.2) is 0 Å². The summed E-state index contributed by atoms with van der Waals surface area (Å²) in [4.78, 5) is 18.5. The Bertz CT molecular complexity index is 619. The lowest BCUT2D eigenvalue weighted by Crippen LogP contribution is -2.42. The highest BCUT2D eigenvalue weighted by atomic mass is 35.5. The van der Waals surface area contributed by atoms with Crippen molar-refractivity contribution in [3.63, 3.8) is 0 Å². The summed E-state index contributed by atoms with van der Waals surface area (Å²) in [5.41, 5.74) is 0.900. The van der Waals surface area contributed by atoms with Gasteiger partial charge in [0.05, 0.1) is 6.04 Å². The standard InChI is InChI=1S/C14H18N4O.ClH/c1-17-9-7-10-5-6-12(16-13(10)17)18(2)14(19)11-4-3-8-15-11;/h5-7,9,11,15H,3-4,8H2,1-2H3;1H/t11-;/m0./s1. The molecular formula is C14H19ClN4O. The van der Waals surface area contributed by atoms with Crippen LogP contribution in [0.1, 0.15) is 12.8 Å². The smallest absolute Gasteiger partial charge is 0.245 e. The number of fused-ring (bicyclic) bond motifs is 1. The molecule has 1 fully saturated rings. The molecule has 1 N–H and O–H groups in total. The number of aromatic nitrogens is 2. The number of pyridine rings is 1. The van der Waals surface area contributed by atoms with Crippen LogP contribution in [-0.2, 0) is 11.8 Å². The number of rotatable bonds is 2. The summed E-state index contributed by atoms with van der Waals surface area (Å²) < 4.78 is 1.96. The predicted molar refractivity (Wildman–Crippen MR) is 82.4 cm³/mol. The van der Waals surface area contributed by atoms with Crippen LogP contribution in [0.4, 0.5) is 5.82 Å². The van der Waals surface area contributed by atoms with Crippen molar-refractivity contribution in [2.24, 2.45) is 7.05 Å². The summed E-state index contributed by atoms with van der Waals surface area (Å²) >= 11 is 0. The molecule has 20 heavy (non-hydrogen) atoms. The molecule has 0 aromatic carbocycles. The maximum atomic E-state index is 12.3. The molecule has 0 saturated carbocycles. The van der Waals surface area contributed by atoms with Crippen LogP contribution in [-0.4, -0.2) is 35.1 Å². The zero-order valence-electron chi connectivity index (χ0n) is 11.7. The topological polar surface area (TPSA) is 50.2 Å². The molecule has 1 amide bonds. The van der Waals surface area contributed by atoms with E-state index in [1.165, 1.54) is 0 Å². The van der Waals surface area contributed by atoms with E-state index in [0.29, 0.717) is 5.82 Å². The minimum atomic E-state index is -0.0593. The Kier molecular flexibility index (Phi) is 4.30. The molecule has 108 valence electrons. The monoisotopic (exact) mass is 294 g/mol. The molecule has 1 atom stereocenters. The average molecular weight is 295 g/mol. The minimum Gasteiger partial charge on any atom is -0.336 e. The quantitative estimate of drug-likeness (QED) is 0.917. The zero-order chi connectivity index (χ0) is 13.4. The van der Waals surface area contributed by atoms with Crippen molar-refractivity contribution in [1.82, 2.24) is 14.9 Å². The maximum absolute atomic E-state index is 12.3. The van der Waals surface area contributed by atoms with E-state index in [-0.39, 0.29) is 24.4 Å². The SMILES string of the molecule is CN(C(=O)[C@@H]1CCCN1)c1ccc2ccn(C)c2n1.Cl. The van der Waals surface area contributed by atoms with Gasteiger partial charge in [-0.3, -0.25) is 9.69 Å². The normalized spacial score (nSPS) is 18.0. The van der Waals surface area contributed by atoms with Crippen LogP contribution in [0.15, 0.2) is 24.4 Å². The Labute approximate surface area is 124 Å². The Balaban J connectivity index is 0.00000147. The second-order valence-corrected chi connectivity index (χ2v) is 5.06. The molecule has 1 aliphatic rings. The molecule has 0 spiro atoms. The number of hydrogen-bond acceptors (Lipinski definition) is 3. The van der Waals surface area contributed by atoms with Crippen molar-refractivity contribution in [2.75, 3.05) is 18.5 Å². The first kappa shape index (κ1) is 14.8. The second kappa shape index (κ2) is 5.81. The van der Waals surface area contributed by atoms with Crippen molar-refractivity contribution in [2.45, 2.75) is 18.9 Å². The van der Waals surface area contributed by atoms with Crippen LogP contribution in [0.2, 0.25) is 0 Å². The summed E-state index contributed by atoms with van der Waals surface area (Å²) in [6.07, 6.45) is 3.95. The number of carbonyl (C=O) groups is 1. The number of nitrogens with one attached hydrogen (secondary N) is 1. The van der Waals surface area contributed by atoms with Crippen molar-refractivity contribution >= 4 is 35.2 Å². The van der Waals surface area contributed by atoms with E-state index in [1.54, 1.807) is 11.9 Å². The first-order valence-corrected chi connectivity index (χ1v) is 6.60. The fourth-order valence-electron chi connectivity index (χ4n) is 2.55. The van der Waals surface area contributed by atoms with Gasteiger partial charge in [-0.1, -0.05) is 0 Å². The lowest BCUT2D eigenvalue weighted by Gasteiger charge is -2.20. The number of nitrogens with zero attached hydrogens (tertiary/aromatic N) is 3. The summed E-state index contributed by atoms with van der Waals surface area (Å²) in [7, 11) is 3.75. The lowest BCUT2D eigenvalue weighted by molar-refractivity contribution is -0.120. The number of halogens is 1. The number of aryl methyl sites for hydroxylation is 1. The minimum absolute atomic E-state index is 0. The van der Waals surface area contributed by atoms with Crippen LogP contribution >= 0.6 is 12.4 Å². The Hall–Kier alpha value is -1.59. The molecule has 0 aliphatic carbocycles. The highest BCUT2D eigenvalue weighted by Gasteiger charge is 2.26. The Morgan fingerprint density at radius 1 is 1.45 bits per heavy atom. The number of hydrogen-bond donors (Lipinski definition) is 1. The summed E-state index contributed by atoms with van der Waals surface area (Å²) in [5, 5.41) is 4.32. The molecule has 1 saturated heterocycles. The summed E-state index contributed by atoms with van der Waals surface area (Å²) in [6.45, 7) is 0.925. The molecule has 0 bridgehead atoms. The Morgan fingerprint density at radius 3 is 2.95 bits per heavy atom. The van der Waals surface area contributed by atoms with Gasteiger partial charge in [0, 0.05) is 25.7 Å². The molecule has 0 unspecified atom stereocenters. The van der Waals surface area contributed by atoms with E-state index in [0.717, 1.165) is 30.4 Å². The molecule has 0 radical (unpaired) electrons. The number of carbonyl (C=O) groups excluding carboxylic acids is 1. The average Bonchev–Trinajstić information content (AvgIpc) is 3.07. The van der Waals surface area contributed by atoms with Gasteiger partial charge < -0.3 is 9.88 Å². The molecule has 3 rings (SSSR count). The van der Waals surface area contributed by atoms with E-state index in [4.69, 9.17) is 0 Å². The lowest BCUT2D eigenvalue weighted by atomic mass is 10.2. The second-order valence-electron chi connectivity index (χ2n) is 5.06. The van der Waals surface area contributed by atoms with Gasteiger partial charge in [0.1, 0.15) is 11.5 Å². The van der Waals surface area contributed by atoms with Crippen LogP contribution < -0.4 is 10.2 Å². The third kappa shape index (κ3) is 2.51. The summed E-state index contributed by atoms with van der Waals surface area (Å²) in [5.74, 6) is 0.798.